The Morgan fingerprint density at radius 1 is 1.33 bits per heavy atom. The van der Waals surface area contributed by atoms with E-state index in [9.17, 15) is 22.0 Å². The van der Waals surface area contributed by atoms with Gasteiger partial charge in [0.2, 0.25) is 10.0 Å². The van der Waals surface area contributed by atoms with Crippen LogP contribution in [0.4, 0.5) is 8.78 Å². The highest BCUT2D eigenvalue weighted by molar-refractivity contribution is 7.89. The number of carboxylic acids is 1. The van der Waals surface area contributed by atoms with Crippen LogP contribution in [0.15, 0.2) is 23.1 Å². The molecule has 0 radical (unpaired) electrons. The summed E-state index contributed by atoms with van der Waals surface area (Å²) >= 11 is 0. The summed E-state index contributed by atoms with van der Waals surface area (Å²) in [4.78, 5) is 10.3. The second-order valence-corrected chi connectivity index (χ2v) is 7.16. The van der Waals surface area contributed by atoms with E-state index in [2.05, 4.69) is 0 Å². The molecule has 1 N–H and O–H groups in total. The number of halogens is 2. The Morgan fingerprint density at radius 3 is 2.62 bits per heavy atom. The van der Waals surface area contributed by atoms with Crippen molar-refractivity contribution in [2.75, 3.05) is 13.1 Å². The van der Waals surface area contributed by atoms with Crippen molar-refractivity contribution in [3.63, 3.8) is 0 Å². The van der Waals surface area contributed by atoms with E-state index in [4.69, 9.17) is 5.11 Å². The lowest BCUT2D eigenvalue weighted by atomic mass is 9.92. The highest BCUT2D eigenvalue weighted by Gasteiger charge is 2.37. The average molecular weight is 319 g/mol. The molecule has 1 saturated heterocycles. The van der Waals surface area contributed by atoms with Crippen LogP contribution in [-0.2, 0) is 14.8 Å². The van der Waals surface area contributed by atoms with Crippen LogP contribution < -0.4 is 0 Å². The topological polar surface area (TPSA) is 74.7 Å². The third kappa shape index (κ3) is 3.06. The molecule has 1 aliphatic heterocycles. The van der Waals surface area contributed by atoms with Gasteiger partial charge in [-0.2, -0.15) is 4.31 Å². The molecule has 0 amide bonds. The van der Waals surface area contributed by atoms with Crippen molar-refractivity contribution >= 4 is 16.0 Å². The van der Waals surface area contributed by atoms with Crippen LogP contribution in [0.1, 0.15) is 13.3 Å². The minimum Gasteiger partial charge on any atom is -0.481 e. The molecule has 0 aromatic heterocycles. The molecule has 2 rings (SSSR count). The summed E-state index contributed by atoms with van der Waals surface area (Å²) in [5, 5.41) is 9.05. The molecule has 21 heavy (non-hydrogen) atoms. The molecule has 2 unspecified atom stereocenters. The standard InChI is InChI=1S/C13H15F2NO4S/c1-8-5-9(13(17)18)7-16(6-8)21(19,20)11-4-2-3-10(14)12(11)15/h2-4,8-9H,5-7H2,1H3,(H,17,18). The van der Waals surface area contributed by atoms with Gasteiger partial charge in [-0.05, 0) is 24.5 Å². The fourth-order valence-corrected chi connectivity index (χ4v) is 4.18. The number of benzene rings is 1. The monoisotopic (exact) mass is 319 g/mol. The molecule has 1 fully saturated rings. The molecule has 5 nitrogen and oxygen atoms in total. The summed E-state index contributed by atoms with van der Waals surface area (Å²) in [5.41, 5.74) is 0. The van der Waals surface area contributed by atoms with Crippen molar-refractivity contribution in [3.8, 4) is 0 Å². The van der Waals surface area contributed by atoms with E-state index in [1.54, 1.807) is 6.92 Å². The second kappa shape index (κ2) is 5.69. The van der Waals surface area contributed by atoms with E-state index < -0.39 is 38.4 Å². The van der Waals surface area contributed by atoms with Gasteiger partial charge in [-0.15, -0.1) is 0 Å². The molecule has 1 aliphatic rings. The van der Waals surface area contributed by atoms with Crippen LogP contribution in [0.25, 0.3) is 0 Å². The van der Waals surface area contributed by atoms with Crippen molar-refractivity contribution < 1.29 is 27.1 Å². The first kappa shape index (κ1) is 15.8. The summed E-state index contributed by atoms with van der Waals surface area (Å²) in [6, 6.07) is 2.91. The Balaban J connectivity index is 2.39. The van der Waals surface area contributed by atoms with Gasteiger partial charge in [0, 0.05) is 13.1 Å². The lowest BCUT2D eigenvalue weighted by molar-refractivity contribution is -0.143. The summed E-state index contributed by atoms with van der Waals surface area (Å²) in [7, 11) is -4.26. The van der Waals surface area contributed by atoms with Crippen LogP contribution in [0.2, 0.25) is 0 Å². The molecule has 1 aromatic carbocycles. The predicted octanol–water partition coefficient (Wildman–Crippen LogP) is 1.70. The number of sulfonamides is 1. The van der Waals surface area contributed by atoms with E-state index in [0.717, 1.165) is 22.5 Å². The fraction of sp³-hybridized carbons (Fsp3) is 0.462. The summed E-state index contributed by atoms with van der Waals surface area (Å²) in [6.07, 6.45) is 0.354. The van der Waals surface area contributed by atoms with Gasteiger partial charge in [0.1, 0.15) is 4.90 Å². The van der Waals surface area contributed by atoms with Gasteiger partial charge in [0.15, 0.2) is 11.6 Å². The average Bonchev–Trinajstić information content (AvgIpc) is 2.40. The Labute approximate surface area is 121 Å². The number of hydrogen-bond acceptors (Lipinski definition) is 3. The Kier molecular flexibility index (Phi) is 4.29. The maximum Gasteiger partial charge on any atom is 0.307 e. The van der Waals surface area contributed by atoms with Crippen LogP contribution in [0, 0.1) is 23.5 Å². The lowest BCUT2D eigenvalue weighted by Gasteiger charge is -2.33. The van der Waals surface area contributed by atoms with Gasteiger partial charge in [0.25, 0.3) is 0 Å². The van der Waals surface area contributed by atoms with Gasteiger partial charge in [-0.3, -0.25) is 4.79 Å². The van der Waals surface area contributed by atoms with E-state index in [1.165, 1.54) is 0 Å². The molecule has 0 bridgehead atoms. The first-order chi connectivity index (χ1) is 9.73. The third-order valence-corrected chi connectivity index (χ3v) is 5.36. The Bertz CT molecular complexity index is 662. The number of carboxylic acid groups (broad SMARTS) is 1. The maximum absolute atomic E-state index is 13.7. The second-order valence-electron chi connectivity index (χ2n) is 5.25. The van der Waals surface area contributed by atoms with Crippen molar-refractivity contribution in [2.45, 2.75) is 18.2 Å². The first-order valence-electron chi connectivity index (χ1n) is 6.40. The molecular weight excluding hydrogens is 304 g/mol. The Hall–Kier alpha value is -1.54. The molecule has 1 aromatic rings. The van der Waals surface area contributed by atoms with Crippen LogP contribution in [0.5, 0.6) is 0 Å². The zero-order chi connectivity index (χ0) is 15.8. The summed E-state index contributed by atoms with van der Waals surface area (Å²) < 4.78 is 52.6. The first-order valence-corrected chi connectivity index (χ1v) is 7.84. The van der Waals surface area contributed by atoms with Gasteiger partial charge in [-0.1, -0.05) is 13.0 Å². The van der Waals surface area contributed by atoms with Crippen molar-refractivity contribution in [1.82, 2.24) is 4.31 Å². The third-order valence-electron chi connectivity index (χ3n) is 3.51. The molecule has 0 spiro atoms. The van der Waals surface area contributed by atoms with Crippen molar-refractivity contribution in [2.24, 2.45) is 11.8 Å². The van der Waals surface area contributed by atoms with Crippen LogP contribution in [-0.4, -0.2) is 36.9 Å². The number of carbonyl (C=O) groups is 1. The molecule has 0 aliphatic carbocycles. The smallest absolute Gasteiger partial charge is 0.307 e. The molecular formula is C13H15F2NO4S. The molecule has 8 heteroatoms. The zero-order valence-corrected chi connectivity index (χ0v) is 12.1. The number of piperidine rings is 1. The molecule has 1 heterocycles. The minimum absolute atomic E-state index is 0.0854. The van der Waals surface area contributed by atoms with E-state index in [1.807, 2.05) is 0 Å². The zero-order valence-electron chi connectivity index (χ0n) is 11.3. The van der Waals surface area contributed by atoms with Gasteiger partial charge < -0.3 is 5.11 Å². The molecule has 116 valence electrons. The highest BCUT2D eigenvalue weighted by Crippen LogP contribution is 2.28. The molecule has 2 atom stereocenters. The van der Waals surface area contributed by atoms with Gasteiger partial charge >= 0.3 is 5.97 Å². The van der Waals surface area contributed by atoms with E-state index in [-0.39, 0.29) is 19.0 Å². The van der Waals surface area contributed by atoms with Crippen molar-refractivity contribution in [3.05, 3.63) is 29.8 Å². The largest absolute Gasteiger partial charge is 0.481 e. The number of rotatable bonds is 3. The normalized spacial score (nSPS) is 24.0. The summed E-state index contributed by atoms with van der Waals surface area (Å²) in [6.45, 7) is 1.57. The highest BCUT2D eigenvalue weighted by atomic mass is 32.2. The van der Waals surface area contributed by atoms with Crippen LogP contribution >= 0.6 is 0 Å². The quantitative estimate of drug-likeness (QED) is 0.920. The number of nitrogens with zero attached hydrogens (tertiary/aromatic N) is 1. The van der Waals surface area contributed by atoms with E-state index in [0.29, 0.717) is 6.42 Å². The summed E-state index contributed by atoms with van der Waals surface area (Å²) in [5.74, 6) is -4.81. The van der Waals surface area contributed by atoms with Gasteiger partial charge in [-0.25, -0.2) is 17.2 Å². The Morgan fingerprint density at radius 2 is 2.00 bits per heavy atom. The predicted molar refractivity (Wildman–Crippen MR) is 70.0 cm³/mol. The van der Waals surface area contributed by atoms with Crippen LogP contribution in [0.3, 0.4) is 0 Å². The van der Waals surface area contributed by atoms with Crippen molar-refractivity contribution in [1.29, 1.82) is 0 Å². The lowest BCUT2D eigenvalue weighted by Crippen LogP contribution is -2.45. The van der Waals surface area contributed by atoms with Gasteiger partial charge in [0.05, 0.1) is 5.92 Å². The molecule has 0 saturated carbocycles. The number of hydrogen-bond donors (Lipinski definition) is 1. The van der Waals surface area contributed by atoms with E-state index >= 15 is 0 Å². The maximum atomic E-state index is 13.7. The SMILES string of the molecule is CC1CC(C(=O)O)CN(S(=O)(=O)c2cccc(F)c2F)C1. The number of aliphatic carboxylic acids is 1. The minimum atomic E-state index is -4.26. The fourth-order valence-electron chi connectivity index (χ4n) is 2.50.